The van der Waals surface area contributed by atoms with Crippen LogP contribution >= 0.6 is 11.6 Å². The van der Waals surface area contributed by atoms with Crippen molar-refractivity contribution in [3.63, 3.8) is 0 Å². The van der Waals surface area contributed by atoms with E-state index < -0.39 is 0 Å². The van der Waals surface area contributed by atoms with Crippen LogP contribution in [0.5, 0.6) is 0 Å². The summed E-state index contributed by atoms with van der Waals surface area (Å²) in [6.45, 7) is 3.45. The fraction of sp³-hybridized carbons (Fsp3) is 0.0400. The van der Waals surface area contributed by atoms with Crippen LogP contribution in [0.15, 0.2) is 79.6 Å². The molecule has 0 radical (unpaired) electrons. The Morgan fingerprint density at radius 1 is 1.15 bits per heavy atom. The number of aromatic amines is 2. The fourth-order valence-electron chi connectivity index (χ4n) is 3.63. The summed E-state index contributed by atoms with van der Waals surface area (Å²) in [5.41, 5.74) is 5.17. The van der Waals surface area contributed by atoms with E-state index in [2.05, 4.69) is 42.4 Å². The molecular formula is C25H20ClN7O. The van der Waals surface area contributed by atoms with Gasteiger partial charge in [-0.25, -0.2) is 9.97 Å². The van der Waals surface area contributed by atoms with Crippen LogP contribution in [-0.4, -0.2) is 31.1 Å². The second kappa shape index (κ2) is 9.21. The summed E-state index contributed by atoms with van der Waals surface area (Å²) < 4.78 is 0. The van der Waals surface area contributed by atoms with E-state index in [1.807, 2.05) is 60.8 Å². The number of nitrogens with one attached hydrogen (secondary N) is 4. The van der Waals surface area contributed by atoms with Gasteiger partial charge in [0, 0.05) is 40.8 Å². The highest BCUT2D eigenvalue weighted by Gasteiger charge is 2.13. The molecule has 0 bridgehead atoms. The van der Waals surface area contributed by atoms with Crippen molar-refractivity contribution in [1.29, 1.82) is 0 Å². The number of rotatable bonds is 7. The second-order valence-corrected chi connectivity index (χ2v) is 8.01. The van der Waals surface area contributed by atoms with Gasteiger partial charge in [0.1, 0.15) is 5.82 Å². The molecule has 9 heteroatoms. The van der Waals surface area contributed by atoms with Crippen molar-refractivity contribution in [2.24, 2.45) is 0 Å². The van der Waals surface area contributed by atoms with Crippen molar-refractivity contribution in [1.82, 2.24) is 25.1 Å². The Hall–Kier alpha value is -4.43. The molecule has 0 saturated heterocycles. The van der Waals surface area contributed by atoms with Gasteiger partial charge in [0.25, 0.3) is 0 Å². The highest BCUT2D eigenvalue weighted by molar-refractivity contribution is 6.33. The molecule has 0 atom stereocenters. The van der Waals surface area contributed by atoms with Crippen molar-refractivity contribution in [2.75, 3.05) is 10.6 Å². The Morgan fingerprint density at radius 2 is 1.97 bits per heavy atom. The molecular weight excluding hydrogens is 450 g/mol. The fourth-order valence-corrected chi connectivity index (χ4v) is 3.82. The topological polar surface area (TPSA) is 111 Å². The molecule has 0 fully saturated rings. The van der Waals surface area contributed by atoms with Gasteiger partial charge in [-0.15, -0.1) is 0 Å². The van der Waals surface area contributed by atoms with Gasteiger partial charge in [-0.05, 0) is 29.8 Å². The molecule has 0 aliphatic carbocycles. The third kappa shape index (κ3) is 4.53. The molecule has 0 aliphatic rings. The Balaban J connectivity index is 1.31. The third-order valence-corrected chi connectivity index (χ3v) is 5.53. The zero-order chi connectivity index (χ0) is 23.5. The standard InChI is InChI=1S/C25H20ClN7O/c1-2-23(34)29-16-9-7-15(8-10-16)11-17-12-22(33-32-17)30-25-28-14-20(26)24(31-25)19-13-27-21-6-4-3-5-18(19)21/h2-10,12-14,27H,1,11H2,(H,29,34)(H2,28,30,31,32,33). The third-order valence-electron chi connectivity index (χ3n) is 5.26. The first-order valence-corrected chi connectivity index (χ1v) is 10.9. The zero-order valence-electron chi connectivity index (χ0n) is 18.0. The lowest BCUT2D eigenvalue weighted by Gasteiger charge is -2.06. The number of amides is 1. The largest absolute Gasteiger partial charge is 0.360 e. The Labute approximate surface area is 200 Å². The van der Waals surface area contributed by atoms with E-state index in [0.29, 0.717) is 34.6 Å². The van der Waals surface area contributed by atoms with Gasteiger partial charge in [0.05, 0.1) is 22.6 Å². The first-order valence-electron chi connectivity index (χ1n) is 10.5. The highest BCUT2D eigenvalue weighted by atomic mass is 35.5. The van der Waals surface area contributed by atoms with Crippen LogP contribution in [0.4, 0.5) is 17.5 Å². The Morgan fingerprint density at radius 3 is 2.79 bits per heavy atom. The molecule has 1 amide bonds. The summed E-state index contributed by atoms with van der Waals surface area (Å²) in [7, 11) is 0. The first kappa shape index (κ1) is 21.4. The van der Waals surface area contributed by atoms with Crippen LogP contribution in [0.25, 0.3) is 22.2 Å². The van der Waals surface area contributed by atoms with Gasteiger partial charge < -0.3 is 15.6 Å². The number of halogens is 1. The van der Waals surface area contributed by atoms with Crippen LogP contribution in [0.2, 0.25) is 5.02 Å². The monoisotopic (exact) mass is 469 g/mol. The number of nitrogens with zero attached hydrogens (tertiary/aromatic N) is 3. The van der Waals surface area contributed by atoms with E-state index >= 15 is 0 Å². The SMILES string of the molecule is C=CC(=O)Nc1ccc(Cc2cc(Nc3ncc(Cl)c(-c4c[nH]c5ccccc45)n3)[nH]n2)cc1. The van der Waals surface area contributed by atoms with Crippen LogP contribution in [0.1, 0.15) is 11.3 Å². The zero-order valence-corrected chi connectivity index (χ0v) is 18.7. The van der Waals surface area contributed by atoms with Crippen molar-refractivity contribution in [2.45, 2.75) is 6.42 Å². The summed E-state index contributed by atoms with van der Waals surface area (Å²) in [6.07, 6.45) is 5.33. The van der Waals surface area contributed by atoms with Crippen molar-refractivity contribution < 1.29 is 4.79 Å². The van der Waals surface area contributed by atoms with E-state index in [-0.39, 0.29) is 5.91 Å². The van der Waals surface area contributed by atoms with Gasteiger partial charge in [-0.1, -0.05) is 48.5 Å². The van der Waals surface area contributed by atoms with E-state index in [9.17, 15) is 4.79 Å². The second-order valence-electron chi connectivity index (χ2n) is 7.60. The molecule has 0 unspecified atom stereocenters. The maximum Gasteiger partial charge on any atom is 0.247 e. The predicted molar refractivity (Wildman–Crippen MR) is 134 cm³/mol. The Kier molecular flexibility index (Phi) is 5.80. The Bertz CT molecular complexity index is 1490. The molecule has 0 saturated carbocycles. The number of carbonyl (C=O) groups excluding carboxylic acids is 1. The molecule has 5 rings (SSSR count). The molecule has 34 heavy (non-hydrogen) atoms. The number of benzene rings is 2. The number of hydrogen-bond acceptors (Lipinski definition) is 5. The first-order chi connectivity index (χ1) is 16.6. The summed E-state index contributed by atoms with van der Waals surface area (Å²) in [6, 6.07) is 17.4. The molecule has 0 spiro atoms. The van der Waals surface area contributed by atoms with Gasteiger partial charge >= 0.3 is 0 Å². The molecule has 5 aromatic rings. The number of H-pyrrole nitrogens is 2. The van der Waals surface area contributed by atoms with Crippen molar-refractivity contribution in [3.8, 4) is 11.3 Å². The average Bonchev–Trinajstić information content (AvgIpc) is 3.48. The average molecular weight is 470 g/mol. The van der Waals surface area contributed by atoms with E-state index in [1.54, 1.807) is 6.20 Å². The van der Waals surface area contributed by atoms with Crippen LogP contribution in [0, 0.1) is 0 Å². The minimum atomic E-state index is -0.243. The van der Waals surface area contributed by atoms with Crippen LogP contribution < -0.4 is 10.6 Å². The number of hydrogen-bond donors (Lipinski definition) is 4. The molecule has 3 aromatic heterocycles. The van der Waals surface area contributed by atoms with E-state index in [1.165, 1.54) is 6.08 Å². The van der Waals surface area contributed by atoms with Crippen molar-refractivity contribution >= 4 is 45.9 Å². The smallest absolute Gasteiger partial charge is 0.247 e. The number of aromatic nitrogens is 5. The maximum absolute atomic E-state index is 11.4. The molecule has 3 heterocycles. The molecule has 168 valence electrons. The van der Waals surface area contributed by atoms with Crippen LogP contribution in [-0.2, 0) is 11.2 Å². The lowest BCUT2D eigenvalue weighted by Crippen LogP contribution is -2.07. The minimum absolute atomic E-state index is 0.243. The minimum Gasteiger partial charge on any atom is -0.360 e. The molecule has 8 nitrogen and oxygen atoms in total. The number of fused-ring (bicyclic) bond motifs is 1. The molecule has 2 aromatic carbocycles. The maximum atomic E-state index is 11.4. The summed E-state index contributed by atoms with van der Waals surface area (Å²) in [5.74, 6) is 0.826. The highest BCUT2D eigenvalue weighted by Crippen LogP contribution is 2.32. The lowest BCUT2D eigenvalue weighted by atomic mass is 10.1. The van der Waals surface area contributed by atoms with Gasteiger partial charge in [-0.3, -0.25) is 9.89 Å². The lowest BCUT2D eigenvalue weighted by molar-refractivity contribution is -0.111. The summed E-state index contributed by atoms with van der Waals surface area (Å²) in [4.78, 5) is 23.6. The van der Waals surface area contributed by atoms with Crippen LogP contribution in [0.3, 0.4) is 0 Å². The van der Waals surface area contributed by atoms with Gasteiger partial charge in [-0.2, -0.15) is 5.10 Å². The summed E-state index contributed by atoms with van der Waals surface area (Å²) in [5, 5.41) is 14.7. The van der Waals surface area contributed by atoms with Gasteiger partial charge in [0.2, 0.25) is 11.9 Å². The normalized spacial score (nSPS) is 10.9. The molecule has 4 N–H and O–H groups in total. The number of anilines is 3. The van der Waals surface area contributed by atoms with E-state index in [0.717, 1.165) is 27.7 Å². The van der Waals surface area contributed by atoms with Gasteiger partial charge in [0.15, 0.2) is 0 Å². The number of para-hydroxylation sites is 1. The van der Waals surface area contributed by atoms with Crippen molar-refractivity contribution in [3.05, 3.63) is 95.9 Å². The quantitative estimate of drug-likeness (QED) is 0.236. The predicted octanol–water partition coefficient (Wildman–Crippen LogP) is 5.46. The molecule has 0 aliphatic heterocycles. The number of carbonyl (C=O) groups is 1. The summed E-state index contributed by atoms with van der Waals surface area (Å²) >= 11 is 6.42. The van der Waals surface area contributed by atoms with E-state index in [4.69, 9.17) is 11.6 Å².